The molecule has 34 heavy (non-hydrogen) atoms. The normalized spacial score (nSPS) is 15.8. The average molecular weight is 473 g/mol. The molecule has 174 valence electrons. The third-order valence-corrected chi connectivity index (χ3v) is 6.76. The largest absolute Gasteiger partial charge is 0.376 e. The number of benzene rings is 2. The van der Waals surface area contributed by atoms with Gasteiger partial charge in [0.15, 0.2) is 0 Å². The first-order valence-corrected chi connectivity index (χ1v) is 12.6. The quantitative estimate of drug-likeness (QED) is 0.262. The summed E-state index contributed by atoms with van der Waals surface area (Å²) in [7, 11) is 0. The number of carbonyl (C=O) groups excluding carboxylic acids is 1. The van der Waals surface area contributed by atoms with E-state index < -0.39 is 5.91 Å². The highest BCUT2D eigenvalue weighted by atomic mass is 32.2. The Labute approximate surface area is 204 Å². The van der Waals surface area contributed by atoms with Gasteiger partial charge in [-0.05, 0) is 55.4 Å². The molecule has 0 aliphatic carbocycles. The number of aromatic nitrogens is 2. The molecule has 1 atom stereocenters. The molecule has 2 aromatic carbocycles. The van der Waals surface area contributed by atoms with Gasteiger partial charge in [0.05, 0.1) is 17.5 Å². The van der Waals surface area contributed by atoms with Crippen LogP contribution in [0.2, 0.25) is 0 Å². The van der Waals surface area contributed by atoms with Crippen LogP contribution in [0.15, 0.2) is 71.3 Å². The second-order valence-corrected chi connectivity index (χ2v) is 9.27. The molecule has 1 aliphatic heterocycles. The van der Waals surface area contributed by atoms with Crippen molar-refractivity contribution >= 4 is 23.7 Å². The van der Waals surface area contributed by atoms with E-state index in [1.165, 1.54) is 4.90 Å². The maximum absolute atomic E-state index is 12.7. The van der Waals surface area contributed by atoms with Crippen LogP contribution in [0.5, 0.6) is 0 Å². The lowest BCUT2D eigenvalue weighted by Crippen LogP contribution is -2.32. The maximum Gasteiger partial charge on any atom is 0.262 e. The molecule has 1 fully saturated rings. The number of ether oxygens (including phenoxy) is 1. The minimum absolute atomic E-state index is 0.0179. The van der Waals surface area contributed by atoms with Crippen LogP contribution < -0.4 is 5.32 Å². The fraction of sp³-hybridized carbons (Fsp3) is 0.296. The van der Waals surface area contributed by atoms with Crippen LogP contribution in [0.3, 0.4) is 0 Å². The van der Waals surface area contributed by atoms with Gasteiger partial charge in [-0.1, -0.05) is 37.3 Å². The highest BCUT2D eigenvalue weighted by molar-refractivity contribution is 7.99. The van der Waals surface area contributed by atoms with Gasteiger partial charge in [0.2, 0.25) is 0 Å². The van der Waals surface area contributed by atoms with Crippen LogP contribution in [0.25, 0.3) is 23.0 Å². The summed E-state index contributed by atoms with van der Waals surface area (Å²) in [6.45, 7) is 3.30. The summed E-state index contributed by atoms with van der Waals surface area (Å²) in [5.74, 6) is 0.672. The number of thioether (sulfide) groups is 1. The topological polar surface area (TPSA) is 79.9 Å². The molecule has 1 aromatic heterocycles. The third-order valence-electron chi connectivity index (χ3n) is 5.54. The van der Waals surface area contributed by atoms with Gasteiger partial charge in [-0.15, -0.1) is 11.8 Å². The smallest absolute Gasteiger partial charge is 0.262 e. The molecule has 0 radical (unpaired) electrons. The lowest BCUT2D eigenvalue weighted by atomic mass is 10.1. The van der Waals surface area contributed by atoms with E-state index in [0.29, 0.717) is 12.1 Å². The molecule has 0 bridgehead atoms. The van der Waals surface area contributed by atoms with E-state index in [2.05, 4.69) is 30.4 Å². The number of hydrogen-bond acceptors (Lipinski definition) is 5. The minimum atomic E-state index is -0.400. The van der Waals surface area contributed by atoms with Gasteiger partial charge in [-0.3, -0.25) is 4.79 Å². The molecular formula is C27H28N4O2S. The SMILES string of the molecule is CCCSc1ccc(-c2nn(-c3ccccc3)cc2/C=C(/C#N)C(=O)NC[C@@H]2CCCO2)cc1. The molecule has 0 unspecified atom stereocenters. The second-order valence-electron chi connectivity index (χ2n) is 8.10. The number of rotatable bonds is 9. The molecule has 1 saturated heterocycles. The van der Waals surface area contributed by atoms with Crippen LogP contribution >= 0.6 is 11.8 Å². The fourth-order valence-electron chi connectivity index (χ4n) is 3.77. The van der Waals surface area contributed by atoms with Gasteiger partial charge in [-0.25, -0.2) is 4.68 Å². The number of nitrogens with zero attached hydrogens (tertiary/aromatic N) is 3. The summed E-state index contributed by atoms with van der Waals surface area (Å²) >= 11 is 1.82. The number of amides is 1. The first-order valence-electron chi connectivity index (χ1n) is 11.6. The number of hydrogen-bond donors (Lipinski definition) is 1. The Morgan fingerprint density at radius 2 is 2.06 bits per heavy atom. The van der Waals surface area contributed by atoms with Gasteiger partial charge >= 0.3 is 0 Å². The summed E-state index contributed by atoms with van der Waals surface area (Å²) in [6.07, 6.45) is 6.53. The third kappa shape index (κ3) is 5.96. The van der Waals surface area contributed by atoms with Crippen molar-refractivity contribution in [3.05, 3.63) is 71.9 Å². The predicted octanol–water partition coefficient (Wildman–Crippen LogP) is 5.24. The molecule has 2 heterocycles. The molecule has 1 aliphatic rings. The van der Waals surface area contributed by atoms with E-state index in [1.54, 1.807) is 10.8 Å². The molecule has 4 rings (SSSR count). The zero-order valence-electron chi connectivity index (χ0n) is 19.2. The van der Waals surface area contributed by atoms with E-state index in [9.17, 15) is 10.1 Å². The zero-order chi connectivity index (χ0) is 23.8. The van der Waals surface area contributed by atoms with E-state index in [0.717, 1.165) is 48.6 Å². The van der Waals surface area contributed by atoms with Gasteiger partial charge < -0.3 is 10.1 Å². The van der Waals surface area contributed by atoms with Gasteiger partial charge in [0.1, 0.15) is 11.6 Å². The predicted molar refractivity (Wildman–Crippen MR) is 136 cm³/mol. The van der Waals surface area contributed by atoms with E-state index in [4.69, 9.17) is 9.84 Å². The fourth-order valence-corrected chi connectivity index (χ4v) is 4.54. The molecule has 6 nitrogen and oxygen atoms in total. The van der Waals surface area contributed by atoms with E-state index in [-0.39, 0.29) is 11.7 Å². The molecule has 0 spiro atoms. The molecule has 3 aromatic rings. The first-order chi connectivity index (χ1) is 16.7. The van der Waals surface area contributed by atoms with Crippen molar-refractivity contribution in [3.63, 3.8) is 0 Å². The number of nitriles is 1. The summed E-state index contributed by atoms with van der Waals surface area (Å²) in [5, 5.41) is 17.4. The summed E-state index contributed by atoms with van der Waals surface area (Å²) in [5.41, 5.74) is 3.30. The Bertz CT molecular complexity index is 1170. The monoisotopic (exact) mass is 472 g/mol. The Morgan fingerprint density at radius 1 is 1.26 bits per heavy atom. The Balaban J connectivity index is 1.64. The Hall–Kier alpha value is -3.34. The van der Waals surface area contributed by atoms with Crippen molar-refractivity contribution in [2.75, 3.05) is 18.9 Å². The minimum Gasteiger partial charge on any atom is -0.376 e. The van der Waals surface area contributed by atoms with Gasteiger partial charge in [-0.2, -0.15) is 10.4 Å². The molecule has 0 saturated carbocycles. The standard InChI is InChI=1S/C27H28N4O2S/c1-2-15-34-25-12-10-20(11-13-25)26-22(19-31(30-26)23-7-4-3-5-8-23)16-21(17-28)27(32)29-18-24-9-6-14-33-24/h3-5,7-8,10-13,16,19,24H,2,6,9,14-15,18H2,1H3,(H,29,32)/b21-16-/t24-/m0/s1. The molecule has 1 N–H and O–H groups in total. The Morgan fingerprint density at radius 3 is 2.74 bits per heavy atom. The molecular weight excluding hydrogens is 444 g/mol. The molecule has 7 heteroatoms. The summed E-state index contributed by atoms with van der Waals surface area (Å²) < 4.78 is 7.34. The summed E-state index contributed by atoms with van der Waals surface area (Å²) in [6, 6.07) is 20.1. The van der Waals surface area contributed by atoms with Crippen molar-refractivity contribution in [2.45, 2.75) is 37.2 Å². The lowest BCUT2D eigenvalue weighted by molar-refractivity contribution is -0.117. The van der Waals surface area contributed by atoms with Crippen LogP contribution in [-0.4, -0.2) is 40.7 Å². The van der Waals surface area contributed by atoms with Crippen LogP contribution in [0.4, 0.5) is 0 Å². The van der Waals surface area contributed by atoms with E-state index in [1.807, 2.05) is 60.4 Å². The number of nitrogens with one attached hydrogen (secondary N) is 1. The van der Waals surface area contributed by atoms with Gasteiger partial charge in [0, 0.05) is 35.4 Å². The number of para-hydroxylation sites is 1. The van der Waals surface area contributed by atoms with Crippen molar-refractivity contribution in [2.24, 2.45) is 0 Å². The molecule has 1 amide bonds. The first kappa shape index (κ1) is 23.8. The van der Waals surface area contributed by atoms with Crippen LogP contribution in [0.1, 0.15) is 31.7 Å². The highest BCUT2D eigenvalue weighted by Crippen LogP contribution is 2.28. The summed E-state index contributed by atoms with van der Waals surface area (Å²) in [4.78, 5) is 13.9. The zero-order valence-corrected chi connectivity index (χ0v) is 20.1. The second kappa shape index (κ2) is 11.7. The Kier molecular flexibility index (Phi) is 8.18. The van der Waals surface area contributed by atoms with Crippen LogP contribution in [0, 0.1) is 11.3 Å². The maximum atomic E-state index is 12.7. The number of carbonyl (C=O) groups is 1. The van der Waals surface area contributed by atoms with Crippen molar-refractivity contribution in [1.82, 2.24) is 15.1 Å². The van der Waals surface area contributed by atoms with Crippen molar-refractivity contribution in [1.29, 1.82) is 5.26 Å². The van der Waals surface area contributed by atoms with Crippen molar-refractivity contribution < 1.29 is 9.53 Å². The highest BCUT2D eigenvalue weighted by Gasteiger charge is 2.19. The van der Waals surface area contributed by atoms with E-state index >= 15 is 0 Å². The van der Waals surface area contributed by atoms with Crippen LogP contribution in [-0.2, 0) is 9.53 Å². The lowest BCUT2D eigenvalue weighted by Gasteiger charge is -2.10. The van der Waals surface area contributed by atoms with Gasteiger partial charge in [0.25, 0.3) is 5.91 Å². The van der Waals surface area contributed by atoms with Crippen molar-refractivity contribution in [3.8, 4) is 23.0 Å². The average Bonchev–Trinajstić information content (AvgIpc) is 3.56.